The largest absolute Gasteiger partial charge is 0.346 e. The molecule has 1 fully saturated rings. The van der Waals surface area contributed by atoms with Crippen molar-refractivity contribution in [2.75, 3.05) is 0 Å². The Bertz CT molecular complexity index is 1130. The van der Waals surface area contributed by atoms with Gasteiger partial charge in [-0.1, -0.05) is 12.1 Å². The third-order valence-electron chi connectivity index (χ3n) is 4.98. The second-order valence-corrected chi connectivity index (χ2v) is 8.76. The molecule has 1 atom stereocenters. The molecule has 28 heavy (non-hydrogen) atoms. The van der Waals surface area contributed by atoms with Crippen molar-refractivity contribution < 1.29 is 18.0 Å². The number of rotatable bonds is 4. The van der Waals surface area contributed by atoms with Crippen molar-refractivity contribution in [1.29, 1.82) is 5.26 Å². The Kier molecular flexibility index (Phi) is 4.20. The summed E-state index contributed by atoms with van der Waals surface area (Å²) in [7, 11) is -3.90. The fraction of sp³-hybridized carbons (Fsp3) is 0.250. The van der Waals surface area contributed by atoms with Gasteiger partial charge in [0, 0.05) is 11.6 Å². The molecule has 1 saturated carbocycles. The first-order valence-corrected chi connectivity index (χ1v) is 10.3. The average molecular weight is 395 g/mol. The van der Waals surface area contributed by atoms with Crippen LogP contribution in [-0.2, 0) is 10.0 Å². The number of nitrogens with zero attached hydrogens (tertiary/aromatic N) is 2. The summed E-state index contributed by atoms with van der Waals surface area (Å²) in [4.78, 5) is 24.9. The summed E-state index contributed by atoms with van der Waals surface area (Å²) in [6, 6.07) is 12.4. The van der Waals surface area contributed by atoms with E-state index in [1.165, 1.54) is 18.2 Å². The maximum Gasteiger partial charge on any atom is 0.269 e. The molecule has 1 aliphatic heterocycles. The molecule has 1 aliphatic carbocycles. The lowest BCUT2D eigenvalue weighted by Gasteiger charge is -2.15. The Morgan fingerprint density at radius 1 is 1.21 bits per heavy atom. The molecular formula is C20H17N3O4S. The number of carbonyl (C=O) groups excluding carboxylic acids is 2. The predicted octanol–water partition coefficient (Wildman–Crippen LogP) is 2.36. The number of nitrogens with one attached hydrogen (secondary N) is 1. The Hall–Kier alpha value is -3.18. The molecule has 2 aromatic carbocycles. The van der Waals surface area contributed by atoms with Crippen molar-refractivity contribution in [3.63, 3.8) is 0 Å². The number of benzene rings is 2. The maximum absolute atomic E-state index is 12.7. The summed E-state index contributed by atoms with van der Waals surface area (Å²) in [6.07, 6.45) is 1.35. The molecule has 2 aromatic rings. The lowest BCUT2D eigenvalue weighted by Crippen LogP contribution is -2.32. The van der Waals surface area contributed by atoms with Gasteiger partial charge in [0.25, 0.3) is 21.8 Å². The van der Waals surface area contributed by atoms with E-state index in [1.54, 1.807) is 31.2 Å². The fourth-order valence-corrected chi connectivity index (χ4v) is 5.11. The van der Waals surface area contributed by atoms with E-state index in [1.807, 2.05) is 6.07 Å². The van der Waals surface area contributed by atoms with E-state index in [0.717, 1.165) is 9.87 Å². The van der Waals surface area contributed by atoms with Crippen LogP contribution in [0.2, 0.25) is 0 Å². The zero-order valence-electron chi connectivity index (χ0n) is 15.0. The molecule has 2 aliphatic rings. The van der Waals surface area contributed by atoms with Crippen molar-refractivity contribution in [3.05, 3.63) is 64.7 Å². The molecule has 142 valence electrons. The van der Waals surface area contributed by atoms with E-state index in [4.69, 9.17) is 5.26 Å². The molecule has 7 nitrogen and oxygen atoms in total. The lowest BCUT2D eigenvalue weighted by atomic mass is 10.1. The second kappa shape index (κ2) is 6.46. The molecular weight excluding hydrogens is 378 g/mol. The highest BCUT2D eigenvalue weighted by Crippen LogP contribution is 2.39. The number of sulfonamides is 1. The first-order valence-electron chi connectivity index (χ1n) is 8.86. The van der Waals surface area contributed by atoms with Crippen LogP contribution in [-0.4, -0.2) is 30.6 Å². The van der Waals surface area contributed by atoms with Gasteiger partial charge in [0.2, 0.25) is 0 Å². The van der Waals surface area contributed by atoms with E-state index >= 15 is 0 Å². The normalized spacial score (nSPS) is 18.3. The van der Waals surface area contributed by atoms with Gasteiger partial charge in [-0.05, 0) is 55.7 Å². The molecule has 1 heterocycles. The molecule has 8 heteroatoms. The minimum atomic E-state index is -3.90. The monoisotopic (exact) mass is 395 g/mol. The smallest absolute Gasteiger partial charge is 0.269 e. The van der Waals surface area contributed by atoms with E-state index in [-0.39, 0.29) is 28.1 Å². The quantitative estimate of drug-likeness (QED) is 0.855. The Labute approximate surface area is 162 Å². The second-order valence-electron chi connectivity index (χ2n) is 6.98. The molecule has 0 aromatic heterocycles. The van der Waals surface area contributed by atoms with Gasteiger partial charge in [-0.15, -0.1) is 0 Å². The van der Waals surface area contributed by atoms with Crippen LogP contribution in [0.25, 0.3) is 0 Å². The maximum atomic E-state index is 12.7. The molecule has 4 rings (SSSR count). The van der Waals surface area contributed by atoms with Gasteiger partial charge in [-0.2, -0.15) is 5.26 Å². The molecule has 2 amide bonds. The van der Waals surface area contributed by atoms with E-state index in [0.29, 0.717) is 18.4 Å². The number of hydrogen-bond acceptors (Lipinski definition) is 5. The number of amides is 2. The van der Waals surface area contributed by atoms with Crippen LogP contribution in [0.15, 0.2) is 47.4 Å². The van der Waals surface area contributed by atoms with Crippen LogP contribution in [0.3, 0.4) is 0 Å². The summed E-state index contributed by atoms with van der Waals surface area (Å²) in [5.74, 6) is -0.956. The van der Waals surface area contributed by atoms with Gasteiger partial charge < -0.3 is 5.32 Å². The number of carbonyl (C=O) groups is 2. The van der Waals surface area contributed by atoms with Gasteiger partial charge >= 0.3 is 0 Å². The molecule has 1 unspecified atom stereocenters. The molecule has 0 saturated heterocycles. The van der Waals surface area contributed by atoms with Crippen LogP contribution >= 0.6 is 0 Å². The Balaban J connectivity index is 1.57. The van der Waals surface area contributed by atoms with Gasteiger partial charge in [-0.3, -0.25) is 9.59 Å². The van der Waals surface area contributed by atoms with Gasteiger partial charge in [0.1, 0.15) is 4.90 Å². The van der Waals surface area contributed by atoms with E-state index in [2.05, 4.69) is 5.32 Å². The summed E-state index contributed by atoms with van der Waals surface area (Å²) in [5.41, 5.74) is 1.63. The topological polar surface area (TPSA) is 107 Å². The highest BCUT2D eigenvalue weighted by molar-refractivity contribution is 7.90. The summed E-state index contributed by atoms with van der Waals surface area (Å²) >= 11 is 0. The van der Waals surface area contributed by atoms with Crippen molar-refractivity contribution in [2.45, 2.75) is 36.7 Å². The Morgan fingerprint density at radius 2 is 1.89 bits per heavy atom. The van der Waals surface area contributed by atoms with E-state index < -0.39 is 21.8 Å². The zero-order valence-corrected chi connectivity index (χ0v) is 15.9. The predicted molar refractivity (Wildman–Crippen MR) is 99.9 cm³/mol. The van der Waals surface area contributed by atoms with Gasteiger partial charge in [0.15, 0.2) is 0 Å². The number of fused-ring (bicyclic) bond motifs is 1. The van der Waals surface area contributed by atoms with Gasteiger partial charge in [0.05, 0.1) is 23.2 Å². The van der Waals surface area contributed by atoms with Crippen LogP contribution < -0.4 is 5.32 Å². The number of hydrogen-bond donors (Lipinski definition) is 1. The third-order valence-corrected chi connectivity index (χ3v) is 6.85. The van der Waals surface area contributed by atoms with Crippen LogP contribution in [0.5, 0.6) is 0 Å². The van der Waals surface area contributed by atoms with Crippen molar-refractivity contribution in [1.82, 2.24) is 9.62 Å². The minimum Gasteiger partial charge on any atom is -0.346 e. The summed E-state index contributed by atoms with van der Waals surface area (Å²) in [6.45, 7) is 1.79. The highest BCUT2D eigenvalue weighted by atomic mass is 32.2. The van der Waals surface area contributed by atoms with E-state index in [9.17, 15) is 18.0 Å². The SMILES string of the molecule is CC(NC(=O)c1ccc2c(c1)S(=O)(=O)N(C1CC1)C2=O)c1ccc(C#N)cc1. The van der Waals surface area contributed by atoms with Crippen molar-refractivity contribution in [2.24, 2.45) is 0 Å². The lowest BCUT2D eigenvalue weighted by molar-refractivity contribution is 0.0863. The van der Waals surface area contributed by atoms with Crippen LogP contribution in [0.1, 0.15) is 57.7 Å². The average Bonchev–Trinajstić information content (AvgIpc) is 3.49. The third kappa shape index (κ3) is 2.94. The van der Waals surface area contributed by atoms with Crippen molar-refractivity contribution in [3.8, 4) is 6.07 Å². The molecule has 0 bridgehead atoms. The zero-order chi connectivity index (χ0) is 20.1. The minimum absolute atomic E-state index is 0.108. The summed E-state index contributed by atoms with van der Waals surface area (Å²) < 4.78 is 26.3. The highest BCUT2D eigenvalue weighted by Gasteiger charge is 2.48. The van der Waals surface area contributed by atoms with Gasteiger partial charge in [-0.25, -0.2) is 12.7 Å². The van der Waals surface area contributed by atoms with Crippen molar-refractivity contribution >= 4 is 21.8 Å². The Morgan fingerprint density at radius 3 is 2.50 bits per heavy atom. The standard InChI is InChI=1S/C20H17N3O4S/c1-12(14-4-2-13(11-21)3-5-14)22-19(24)15-6-9-17-18(10-15)28(26,27)23(20(17)25)16-7-8-16/h2-6,9-10,12,16H,7-8H2,1H3,(H,22,24). The molecule has 1 N–H and O–H groups in total. The van der Waals surface area contributed by atoms with Crippen LogP contribution in [0.4, 0.5) is 0 Å². The molecule has 0 radical (unpaired) electrons. The summed E-state index contributed by atoms with van der Waals surface area (Å²) in [5, 5.41) is 11.7. The molecule has 0 spiro atoms. The number of nitriles is 1. The van der Waals surface area contributed by atoms with Crippen LogP contribution in [0, 0.1) is 11.3 Å². The first kappa shape index (κ1) is 18.2. The fourth-order valence-electron chi connectivity index (χ4n) is 3.27. The first-order chi connectivity index (χ1) is 13.3.